The zero-order valence-electron chi connectivity index (χ0n) is 11.4. The molecule has 0 aromatic heterocycles. The van der Waals surface area contributed by atoms with Gasteiger partial charge >= 0.3 is 12.1 Å². The average Bonchev–Trinajstić information content (AvgIpc) is 2.42. The first-order chi connectivity index (χ1) is 9.71. The van der Waals surface area contributed by atoms with Crippen molar-refractivity contribution in [3.63, 3.8) is 0 Å². The normalized spacial score (nSPS) is 14.3. The number of amides is 1. The highest BCUT2D eigenvalue weighted by atomic mass is 19.4. The first-order valence-electron chi connectivity index (χ1n) is 6.38. The number of hydrogen-bond donors (Lipinski definition) is 2. The van der Waals surface area contributed by atoms with Crippen LogP contribution in [0.15, 0.2) is 30.3 Å². The lowest BCUT2D eigenvalue weighted by Crippen LogP contribution is -2.51. The summed E-state index contributed by atoms with van der Waals surface area (Å²) in [5, 5.41) is 11.6. The van der Waals surface area contributed by atoms with Crippen molar-refractivity contribution in [2.24, 2.45) is 0 Å². The molecule has 0 heterocycles. The molecule has 0 bridgehead atoms. The largest absolute Gasteiger partial charge is 0.479 e. The summed E-state index contributed by atoms with van der Waals surface area (Å²) in [6.07, 6.45) is -6.52. The van der Waals surface area contributed by atoms with E-state index in [0.29, 0.717) is 5.56 Å². The molecule has 1 unspecified atom stereocenters. The summed E-state index contributed by atoms with van der Waals surface area (Å²) in [6.45, 7) is 1.55. The van der Waals surface area contributed by atoms with E-state index in [1.807, 2.05) is 0 Å². The van der Waals surface area contributed by atoms with Crippen molar-refractivity contribution in [2.75, 3.05) is 0 Å². The molecule has 0 aliphatic rings. The van der Waals surface area contributed by atoms with Crippen LogP contribution >= 0.6 is 0 Å². The third-order valence-electron chi connectivity index (χ3n) is 3.15. The van der Waals surface area contributed by atoms with E-state index in [1.54, 1.807) is 25.1 Å². The molecule has 0 saturated heterocycles. The molecule has 4 nitrogen and oxygen atoms in total. The Morgan fingerprint density at radius 3 is 2.19 bits per heavy atom. The summed E-state index contributed by atoms with van der Waals surface area (Å²) < 4.78 is 36.3. The minimum absolute atomic E-state index is 0.0180. The molecular formula is C14H16F3NO3. The fraction of sp³-hybridized carbons (Fsp3) is 0.429. The predicted molar refractivity (Wildman–Crippen MR) is 69.5 cm³/mol. The predicted octanol–water partition coefficient (Wildman–Crippen LogP) is 2.84. The molecule has 21 heavy (non-hydrogen) atoms. The van der Waals surface area contributed by atoms with E-state index in [4.69, 9.17) is 0 Å². The molecule has 1 atom stereocenters. The van der Waals surface area contributed by atoms with E-state index in [0.717, 1.165) is 0 Å². The Labute approximate surface area is 120 Å². The molecule has 0 spiro atoms. The molecule has 0 aliphatic carbocycles. The van der Waals surface area contributed by atoms with E-state index in [9.17, 15) is 27.9 Å². The maximum atomic E-state index is 12.1. The maximum absolute atomic E-state index is 12.1. The number of carboxylic acid groups (broad SMARTS) is 1. The lowest BCUT2D eigenvalue weighted by molar-refractivity contribution is -0.151. The Balaban J connectivity index is 2.95. The smallest absolute Gasteiger partial charge is 0.389 e. The molecule has 1 amide bonds. The van der Waals surface area contributed by atoms with Gasteiger partial charge in [-0.05, 0) is 12.0 Å². The highest BCUT2D eigenvalue weighted by Crippen LogP contribution is 2.27. The number of benzene rings is 1. The zero-order valence-corrected chi connectivity index (χ0v) is 11.4. The van der Waals surface area contributed by atoms with Crippen molar-refractivity contribution in [3.8, 4) is 0 Å². The van der Waals surface area contributed by atoms with E-state index < -0.39 is 36.4 Å². The van der Waals surface area contributed by atoms with Crippen LogP contribution in [0.1, 0.15) is 31.7 Å². The number of hydrogen-bond acceptors (Lipinski definition) is 2. The van der Waals surface area contributed by atoms with Gasteiger partial charge < -0.3 is 10.4 Å². The van der Waals surface area contributed by atoms with E-state index >= 15 is 0 Å². The molecule has 0 saturated carbocycles. The Morgan fingerprint density at radius 2 is 1.76 bits per heavy atom. The lowest BCUT2D eigenvalue weighted by Gasteiger charge is -2.30. The second-order valence-corrected chi connectivity index (χ2v) is 4.59. The standard InChI is InChI=1S/C14H16F3NO3/c1-2-13(12(20)21,10-6-4-3-5-7-10)18-11(19)8-9-14(15,16)17/h3-7H,2,8-9H2,1H3,(H,18,19)(H,20,21). The summed E-state index contributed by atoms with van der Waals surface area (Å²) in [4.78, 5) is 23.2. The highest BCUT2D eigenvalue weighted by molar-refractivity contribution is 5.88. The van der Waals surface area contributed by atoms with Gasteiger partial charge in [0.05, 0.1) is 6.42 Å². The van der Waals surface area contributed by atoms with Gasteiger partial charge in [-0.3, -0.25) is 4.79 Å². The van der Waals surface area contributed by atoms with Crippen LogP contribution in [0.5, 0.6) is 0 Å². The zero-order chi connectivity index (χ0) is 16.1. The van der Waals surface area contributed by atoms with Gasteiger partial charge in [-0.2, -0.15) is 13.2 Å². The van der Waals surface area contributed by atoms with Crippen LogP contribution in [0.2, 0.25) is 0 Å². The first-order valence-corrected chi connectivity index (χ1v) is 6.38. The van der Waals surface area contributed by atoms with E-state index in [1.165, 1.54) is 12.1 Å². The van der Waals surface area contributed by atoms with Crippen LogP contribution in [-0.4, -0.2) is 23.2 Å². The van der Waals surface area contributed by atoms with Gasteiger partial charge in [0.15, 0.2) is 5.54 Å². The van der Waals surface area contributed by atoms with Crippen molar-refractivity contribution >= 4 is 11.9 Å². The summed E-state index contributed by atoms with van der Waals surface area (Å²) in [7, 11) is 0. The number of carbonyl (C=O) groups is 2. The lowest BCUT2D eigenvalue weighted by atomic mass is 9.87. The molecule has 1 rings (SSSR count). The van der Waals surface area contributed by atoms with Crippen molar-refractivity contribution in [2.45, 2.75) is 37.9 Å². The van der Waals surface area contributed by atoms with E-state index in [-0.39, 0.29) is 6.42 Å². The van der Waals surface area contributed by atoms with Gasteiger partial charge in [-0.15, -0.1) is 0 Å². The molecule has 2 N–H and O–H groups in total. The van der Waals surface area contributed by atoms with Crippen molar-refractivity contribution in [1.82, 2.24) is 5.32 Å². The Hall–Kier alpha value is -2.05. The Kier molecular flexibility index (Phi) is 5.34. The van der Waals surface area contributed by atoms with Crippen LogP contribution in [0.3, 0.4) is 0 Å². The van der Waals surface area contributed by atoms with Crippen LogP contribution < -0.4 is 5.32 Å². The number of alkyl halides is 3. The molecule has 1 aromatic rings. The fourth-order valence-corrected chi connectivity index (χ4v) is 1.97. The quantitative estimate of drug-likeness (QED) is 0.849. The summed E-state index contributed by atoms with van der Waals surface area (Å²) in [5.74, 6) is -2.25. The number of rotatable bonds is 6. The number of halogens is 3. The van der Waals surface area contributed by atoms with Crippen molar-refractivity contribution in [3.05, 3.63) is 35.9 Å². The molecule has 1 aromatic carbocycles. The van der Waals surface area contributed by atoms with E-state index in [2.05, 4.69) is 5.32 Å². The summed E-state index contributed by atoms with van der Waals surface area (Å²) in [5.41, 5.74) is -1.40. The van der Waals surface area contributed by atoms with Crippen LogP contribution in [0.4, 0.5) is 13.2 Å². The van der Waals surface area contributed by atoms with Crippen molar-refractivity contribution < 1.29 is 27.9 Å². The monoisotopic (exact) mass is 303 g/mol. The van der Waals surface area contributed by atoms with Crippen LogP contribution in [-0.2, 0) is 15.1 Å². The van der Waals surface area contributed by atoms with Crippen LogP contribution in [0.25, 0.3) is 0 Å². The highest BCUT2D eigenvalue weighted by Gasteiger charge is 2.40. The molecule has 0 radical (unpaired) electrons. The number of carbonyl (C=O) groups excluding carboxylic acids is 1. The number of nitrogens with one attached hydrogen (secondary N) is 1. The second-order valence-electron chi connectivity index (χ2n) is 4.59. The average molecular weight is 303 g/mol. The molecule has 7 heteroatoms. The molecule has 116 valence electrons. The number of aliphatic carboxylic acids is 1. The van der Waals surface area contributed by atoms with Gasteiger partial charge in [0.25, 0.3) is 0 Å². The number of carboxylic acids is 1. The van der Waals surface area contributed by atoms with Crippen molar-refractivity contribution in [1.29, 1.82) is 0 Å². The first kappa shape index (κ1) is 17.0. The van der Waals surface area contributed by atoms with Gasteiger partial charge in [-0.1, -0.05) is 37.3 Å². The summed E-state index contributed by atoms with van der Waals surface area (Å²) in [6, 6.07) is 7.91. The van der Waals surface area contributed by atoms with Gasteiger partial charge in [0, 0.05) is 6.42 Å². The van der Waals surface area contributed by atoms with Gasteiger partial charge in [0.1, 0.15) is 0 Å². The Morgan fingerprint density at radius 1 is 1.19 bits per heavy atom. The summed E-state index contributed by atoms with van der Waals surface area (Å²) >= 11 is 0. The third kappa shape index (κ3) is 4.47. The minimum Gasteiger partial charge on any atom is -0.479 e. The Bertz CT molecular complexity index is 502. The maximum Gasteiger partial charge on any atom is 0.389 e. The van der Waals surface area contributed by atoms with Gasteiger partial charge in [0.2, 0.25) is 5.91 Å². The second kappa shape index (κ2) is 6.60. The molecular weight excluding hydrogens is 287 g/mol. The SMILES string of the molecule is CCC(NC(=O)CCC(F)(F)F)(C(=O)O)c1ccccc1. The fourth-order valence-electron chi connectivity index (χ4n) is 1.97. The molecule has 0 aliphatic heterocycles. The molecule has 0 fully saturated rings. The van der Waals surface area contributed by atoms with Gasteiger partial charge in [-0.25, -0.2) is 4.79 Å². The topological polar surface area (TPSA) is 66.4 Å². The minimum atomic E-state index is -4.46. The third-order valence-corrected chi connectivity index (χ3v) is 3.15. The van der Waals surface area contributed by atoms with Crippen LogP contribution in [0, 0.1) is 0 Å².